The second kappa shape index (κ2) is 9.55. The van der Waals surface area contributed by atoms with Gasteiger partial charge in [-0.15, -0.1) is 0 Å². The Kier molecular flexibility index (Phi) is 7.09. The summed E-state index contributed by atoms with van der Waals surface area (Å²) in [5.74, 6) is 0.0231. The minimum atomic E-state index is -3.59. The number of hydrogen-bond donors (Lipinski definition) is 1. The van der Waals surface area contributed by atoms with E-state index in [1.807, 2.05) is 24.3 Å². The quantitative estimate of drug-likeness (QED) is 0.722. The van der Waals surface area contributed by atoms with Gasteiger partial charge in [-0.3, -0.25) is 4.79 Å². The molecule has 1 saturated heterocycles. The zero-order valence-corrected chi connectivity index (χ0v) is 18.0. The molecule has 1 heterocycles. The predicted octanol–water partition coefficient (Wildman–Crippen LogP) is 5.02. The molecule has 2 aromatic rings. The summed E-state index contributed by atoms with van der Waals surface area (Å²) in [5.41, 5.74) is 2.20. The van der Waals surface area contributed by atoms with Gasteiger partial charge in [0.15, 0.2) is 0 Å². The van der Waals surface area contributed by atoms with Gasteiger partial charge in [-0.05, 0) is 55.0 Å². The number of carbonyl (C=O) groups excluding carboxylic acids is 1. The third kappa shape index (κ3) is 5.06. The second-order valence-corrected chi connectivity index (χ2v) is 9.63. The maximum Gasteiger partial charge on any atom is 0.255 e. The highest BCUT2D eigenvalue weighted by Gasteiger charge is 2.26. The van der Waals surface area contributed by atoms with Gasteiger partial charge in [0.05, 0.1) is 4.90 Å². The highest BCUT2D eigenvalue weighted by Crippen LogP contribution is 2.27. The Morgan fingerprint density at radius 3 is 2.41 bits per heavy atom. The molecule has 1 N–H and O–H groups in total. The van der Waals surface area contributed by atoms with Gasteiger partial charge in [-0.1, -0.05) is 51.0 Å². The largest absolute Gasteiger partial charge is 0.322 e. The number of rotatable bonds is 6. The van der Waals surface area contributed by atoms with Crippen LogP contribution in [0.15, 0.2) is 53.4 Å². The molecule has 29 heavy (non-hydrogen) atoms. The Morgan fingerprint density at radius 2 is 1.72 bits per heavy atom. The molecule has 1 amide bonds. The van der Waals surface area contributed by atoms with Crippen molar-refractivity contribution in [2.24, 2.45) is 0 Å². The van der Waals surface area contributed by atoms with Gasteiger partial charge in [-0.25, -0.2) is 8.42 Å². The van der Waals surface area contributed by atoms with Crippen molar-refractivity contribution >= 4 is 21.6 Å². The lowest BCUT2D eigenvalue weighted by Gasteiger charge is -2.20. The standard InChI is InChI=1S/C23H30N2O3S/c1-3-18(2)21-13-6-7-14-22(21)24-23(26)19-11-10-12-20(17-19)29(27,28)25-15-8-4-5-9-16-25/h6-7,10-14,17-18H,3-5,8-9,15-16H2,1-2H3,(H,24,26)/t18-/m0/s1. The third-order valence-electron chi connectivity index (χ3n) is 5.65. The maximum absolute atomic E-state index is 13.0. The maximum atomic E-state index is 13.0. The summed E-state index contributed by atoms with van der Waals surface area (Å²) in [7, 11) is -3.59. The van der Waals surface area contributed by atoms with E-state index in [1.165, 1.54) is 6.07 Å². The van der Waals surface area contributed by atoms with Crippen LogP contribution in [0.25, 0.3) is 0 Å². The Morgan fingerprint density at radius 1 is 1.03 bits per heavy atom. The summed E-state index contributed by atoms with van der Waals surface area (Å²) < 4.78 is 27.7. The molecule has 3 rings (SSSR count). The number of hydrogen-bond acceptors (Lipinski definition) is 3. The molecule has 0 aliphatic carbocycles. The molecule has 0 saturated carbocycles. The molecule has 0 unspecified atom stereocenters. The van der Waals surface area contributed by atoms with Crippen molar-refractivity contribution in [3.63, 3.8) is 0 Å². The van der Waals surface area contributed by atoms with E-state index < -0.39 is 10.0 Å². The van der Waals surface area contributed by atoms with Crippen molar-refractivity contribution in [2.45, 2.75) is 56.8 Å². The fraction of sp³-hybridized carbons (Fsp3) is 0.435. The Bertz CT molecular complexity index is 948. The van der Waals surface area contributed by atoms with Gasteiger partial charge in [0.2, 0.25) is 10.0 Å². The molecular weight excluding hydrogens is 384 g/mol. The summed E-state index contributed by atoms with van der Waals surface area (Å²) in [6.45, 7) is 5.32. The molecule has 1 aliphatic rings. The van der Waals surface area contributed by atoms with E-state index in [4.69, 9.17) is 0 Å². The molecule has 0 spiro atoms. The molecule has 5 nitrogen and oxygen atoms in total. The Balaban J connectivity index is 1.83. The van der Waals surface area contributed by atoms with E-state index in [1.54, 1.807) is 22.5 Å². The predicted molar refractivity (Wildman–Crippen MR) is 117 cm³/mol. The topological polar surface area (TPSA) is 66.5 Å². The number of benzene rings is 2. The molecule has 0 aromatic heterocycles. The number of sulfonamides is 1. The lowest BCUT2D eigenvalue weighted by Crippen LogP contribution is -2.32. The molecule has 0 bridgehead atoms. The van der Waals surface area contributed by atoms with Gasteiger partial charge in [0, 0.05) is 24.3 Å². The van der Waals surface area contributed by atoms with Gasteiger partial charge in [-0.2, -0.15) is 4.31 Å². The van der Waals surface area contributed by atoms with Gasteiger partial charge >= 0.3 is 0 Å². The molecule has 156 valence electrons. The zero-order chi connectivity index (χ0) is 20.9. The van der Waals surface area contributed by atoms with Crippen molar-refractivity contribution in [3.05, 3.63) is 59.7 Å². The first-order valence-corrected chi connectivity index (χ1v) is 11.9. The van der Waals surface area contributed by atoms with Crippen LogP contribution in [0.3, 0.4) is 0 Å². The molecule has 6 heteroatoms. The Hall–Kier alpha value is -2.18. The highest BCUT2D eigenvalue weighted by molar-refractivity contribution is 7.89. The van der Waals surface area contributed by atoms with Gasteiger partial charge < -0.3 is 5.32 Å². The minimum absolute atomic E-state index is 0.183. The van der Waals surface area contributed by atoms with E-state index in [0.717, 1.165) is 43.4 Å². The highest BCUT2D eigenvalue weighted by atomic mass is 32.2. The molecule has 1 fully saturated rings. The minimum Gasteiger partial charge on any atom is -0.322 e. The first-order chi connectivity index (χ1) is 13.9. The van der Waals surface area contributed by atoms with E-state index in [9.17, 15) is 13.2 Å². The van der Waals surface area contributed by atoms with Crippen LogP contribution in [0.2, 0.25) is 0 Å². The molecule has 2 aromatic carbocycles. The van der Waals surface area contributed by atoms with Crippen molar-refractivity contribution in [3.8, 4) is 0 Å². The van der Waals surface area contributed by atoms with Gasteiger partial charge in [0.25, 0.3) is 5.91 Å². The van der Waals surface area contributed by atoms with Gasteiger partial charge in [0.1, 0.15) is 0 Å². The van der Waals surface area contributed by atoms with Crippen LogP contribution in [-0.2, 0) is 10.0 Å². The number of para-hydroxylation sites is 1. The van der Waals surface area contributed by atoms with Crippen LogP contribution in [-0.4, -0.2) is 31.7 Å². The number of carbonyl (C=O) groups is 1. The second-order valence-electron chi connectivity index (χ2n) is 7.70. The fourth-order valence-electron chi connectivity index (χ4n) is 3.68. The van der Waals surface area contributed by atoms with E-state index in [-0.39, 0.29) is 10.8 Å². The van der Waals surface area contributed by atoms with Crippen molar-refractivity contribution in [2.75, 3.05) is 18.4 Å². The average Bonchev–Trinajstić information content (AvgIpc) is 3.04. The van der Waals surface area contributed by atoms with Crippen LogP contribution < -0.4 is 5.32 Å². The van der Waals surface area contributed by atoms with E-state index in [2.05, 4.69) is 19.2 Å². The summed E-state index contributed by atoms with van der Waals surface area (Å²) in [6.07, 6.45) is 4.85. The van der Waals surface area contributed by atoms with Crippen LogP contribution in [0, 0.1) is 0 Å². The van der Waals surface area contributed by atoms with Crippen molar-refractivity contribution in [1.82, 2.24) is 4.31 Å². The van der Waals surface area contributed by atoms with Crippen LogP contribution in [0.1, 0.15) is 67.8 Å². The number of nitrogens with one attached hydrogen (secondary N) is 1. The van der Waals surface area contributed by atoms with Crippen LogP contribution in [0.5, 0.6) is 0 Å². The molecular formula is C23H30N2O3S. The van der Waals surface area contributed by atoms with Crippen LogP contribution in [0.4, 0.5) is 5.69 Å². The first-order valence-electron chi connectivity index (χ1n) is 10.4. The van der Waals surface area contributed by atoms with Crippen molar-refractivity contribution in [1.29, 1.82) is 0 Å². The average molecular weight is 415 g/mol. The molecule has 1 aliphatic heterocycles. The number of nitrogens with zero attached hydrogens (tertiary/aromatic N) is 1. The SMILES string of the molecule is CC[C@H](C)c1ccccc1NC(=O)c1cccc(S(=O)(=O)N2CCCCCC2)c1. The summed E-state index contributed by atoms with van der Waals surface area (Å²) in [5, 5.41) is 2.96. The fourth-order valence-corrected chi connectivity index (χ4v) is 5.25. The summed E-state index contributed by atoms with van der Waals surface area (Å²) >= 11 is 0. The molecule has 0 radical (unpaired) electrons. The normalized spacial score (nSPS) is 16.8. The van der Waals surface area contributed by atoms with Crippen molar-refractivity contribution < 1.29 is 13.2 Å². The van der Waals surface area contributed by atoms with Crippen LogP contribution >= 0.6 is 0 Å². The molecule has 1 atom stereocenters. The lowest BCUT2D eigenvalue weighted by atomic mass is 9.97. The number of amides is 1. The number of anilines is 1. The monoisotopic (exact) mass is 414 g/mol. The lowest BCUT2D eigenvalue weighted by molar-refractivity contribution is 0.102. The van der Waals surface area contributed by atoms with E-state index >= 15 is 0 Å². The zero-order valence-electron chi connectivity index (χ0n) is 17.2. The third-order valence-corrected chi connectivity index (χ3v) is 7.55. The smallest absolute Gasteiger partial charge is 0.255 e. The summed E-state index contributed by atoms with van der Waals surface area (Å²) in [4.78, 5) is 13.1. The Labute approximate surface area is 174 Å². The first kappa shape index (κ1) is 21.5. The summed E-state index contributed by atoms with van der Waals surface area (Å²) in [6, 6.07) is 14.1. The van der Waals surface area contributed by atoms with E-state index in [0.29, 0.717) is 24.6 Å².